The van der Waals surface area contributed by atoms with E-state index < -0.39 is 0 Å². The lowest BCUT2D eigenvalue weighted by molar-refractivity contribution is 0.576. The van der Waals surface area contributed by atoms with E-state index in [0.717, 1.165) is 52.8 Å². The Bertz CT molecular complexity index is 1230. The van der Waals surface area contributed by atoms with Crippen LogP contribution in [0.15, 0.2) is 55.0 Å². The second-order valence-corrected chi connectivity index (χ2v) is 8.00. The van der Waals surface area contributed by atoms with E-state index in [4.69, 9.17) is 5.10 Å². The Hall–Kier alpha value is -3.52. The molecule has 6 rings (SSSR count). The Balaban J connectivity index is 1.40. The molecule has 8 nitrogen and oxygen atoms in total. The number of fused-ring (bicyclic) bond motifs is 3. The standard InChI is InChI=1S/C22H22N8/c1-14-4-7-23-19(9-14)27-21-18-3-2-6-25-22(18)30(28-21)16-5-8-24-20(11-16)29-13-15-10-17(29)12-26-15/h2-9,11,15,17,26H,10,12-13H2,1H3,(H,23,27,28)/t15-,17-/m0/s1. The van der Waals surface area contributed by atoms with Gasteiger partial charge in [0, 0.05) is 49.8 Å². The molecule has 0 radical (unpaired) electrons. The van der Waals surface area contributed by atoms with Gasteiger partial charge in [-0.25, -0.2) is 19.6 Å². The zero-order valence-corrected chi connectivity index (χ0v) is 16.7. The molecule has 0 spiro atoms. The van der Waals surface area contributed by atoms with Crippen molar-refractivity contribution in [3.63, 3.8) is 0 Å². The Labute approximate surface area is 174 Å². The number of pyridine rings is 3. The van der Waals surface area contributed by atoms with Gasteiger partial charge in [-0.05, 0) is 49.2 Å². The zero-order valence-electron chi connectivity index (χ0n) is 16.7. The van der Waals surface area contributed by atoms with Crippen LogP contribution in [0.2, 0.25) is 0 Å². The normalized spacial score (nSPS) is 20.2. The van der Waals surface area contributed by atoms with E-state index in [-0.39, 0.29) is 0 Å². The summed E-state index contributed by atoms with van der Waals surface area (Å²) in [5.41, 5.74) is 2.89. The van der Waals surface area contributed by atoms with Crippen LogP contribution >= 0.6 is 0 Å². The van der Waals surface area contributed by atoms with Gasteiger partial charge in [0.25, 0.3) is 0 Å². The van der Waals surface area contributed by atoms with Gasteiger partial charge in [-0.15, -0.1) is 5.10 Å². The number of hydrogen-bond donors (Lipinski definition) is 2. The molecule has 2 aliphatic rings. The predicted molar refractivity (Wildman–Crippen MR) is 116 cm³/mol. The van der Waals surface area contributed by atoms with Crippen molar-refractivity contribution in [2.45, 2.75) is 25.4 Å². The molecule has 2 fully saturated rings. The summed E-state index contributed by atoms with van der Waals surface area (Å²) in [6, 6.07) is 13.1. The zero-order chi connectivity index (χ0) is 20.1. The van der Waals surface area contributed by atoms with Crippen molar-refractivity contribution in [3.05, 3.63) is 60.6 Å². The monoisotopic (exact) mass is 398 g/mol. The number of hydrogen-bond acceptors (Lipinski definition) is 7. The van der Waals surface area contributed by atoms with E-state index in [9.17, 15) is 0 Å². The summed E-state index contributed by atoms with van der Waals surface area (Å²) in [7, 11) is 0. The first-order chi connectivity index (χ1) is 14.7. The summed E-state index contributed by atoms with van der Waals surface area (Å²) in [4.78, 5) is 16.1. The molecule has 0 saturated carbocycles. The molecule has 0 aliphatic carbocycles. The molecule has 2 saturated heterocycles. The second-order valence-electron chi connectivity index (χ2n) is 8.00. The fraction of sp³-hybridized carbons (Fsp3) is 0.273. The number of aryl methyl sites for hydroxylation is 1. The minimum atomic E-state index is 0.523. The molecule has 8 heteroatoms. The Morgan fingerprint density at radius 1 is 1.07 bits per heavy atom. The van der Waals surface area contributed by atoms with Crippen molar-refractivity contribution in [2.24, 2.45) is 0 Å². The molecule has 2 N–H and O–H groups in total. The van der Waals surface area contributed by atoms with E-state index in [1.54, 1.807) is 12.4 Å². The average Bonchev–Trinajstić information content (AvgIpc) is 3.49. The van der Waals surface area contributed by atoms with Crippen molar-refractivity contribution in [2.75, 3.05) is 23.3 Å². The minimum Gasteiger partial charge on any atom is -0.351 e. The summed E-state index contributed by atoms with van der Waals surface area (Å²) in [6.07, 6.45) is 6.64. The van der Waals surface area contributed by atoms with Gasteiger partial charge in [0.15, 0.2) is 11.5 Å². The van der Waals surface area contributed by atoms with Crippen LogP contribution in [-0.4, -0.2) is 49.9 Å². The predicted octanol–water partition coefficient (Wildman–Crippen LogP) is 2.81. The third-order valence-electron chi connectivity index (χ3n) is 5.93. The number of rotatable bonds is 4. The molecule has 4 aromatic heterocycles. The number of nitrogens with zero attached hydrogens (tertiary/aromatic N) is 6. The van der Waals surface area contributed by atoms with Gasteiger partial charge in [-0.1, -0.05) is 0 Å². The third-order valence-corrected chi connectivity index (χ3v) is 5.93. The van der Waals surface area contributed by atoms with E-state index >= 15 is 0 Å². The first kappa shape index (κ1) is 17.3. The fourth-order valence-corrected chi connectivity index (χ4v) is 4.49. The van der Waals surface area contributed by atoms with Crippen LogP contribution in [0, 0.1) is 6.92 Å². The number of aromatic nitrogens is 5. The van der Waals surface area contributed by atoms with Crippen molar-refractivity contribution >= 4 is 28.5 Å². The Morgan fingerprint density at radius 3 is 2.83 bits per heavy atom. The number of nitrogens with one attached hydrogen (secondary N) is 2. The van der Waals surface area contributed by atoms with Crippen molar-refractivity contribution in [1.82, 2.24) is 30.0 Å². The maximum absolute atomic E-state index is 4.84. The van der Waals surface area contributed by atoms with Gasteiger partial charge in [0.05, 0.1) is 11.1 Å². The highest BCUT2D eigenvalue weighted by Crippen LogP contribution is 2.31. The van der Waals surface area contributed by atoms with E-state index in [1.165, 1.54) is 6.42 Å². The lowest BCUT2D eigenvalue weighted by Gasteiger charge is -2.28. The van der Waals surface area contributed by atoms with Crippen LogP contribution < -0.4 is 15.5 Å². The maximum Gasteiger partial charge on any atom is 0.165 e. The largest absolute Gasteiger partial charge is 0.351 e. The van der Waals surface area contributed by atoms with Gasteiger partial charge < -0.3 is 15.5 Å². The highest BCUT2D eigenvalue weighted by Gasteiger charge is 2.38. The molecule has 0 aromatic carbocycles. The molecule has 0 unspecified atom stereocenters. The average molecular weight is 398 g/mol. The lowest BCUT2D eigenvalue weighted by Crippen LogP contribution is -2.44. The lowest BCUT2D eigenvalue weighted by atomic mass is 10.2. The first-order valence-corrected chi connectivity index (χ1v) is 10.2. The van der Waals surface area contributed by atoms with Crippen LogP contribution in [0.4, 0.5) is 17.5 Å². The summed E-state index contributed by atoms with van der Waals surface area (Å²) >= 11 is 0. The van der Waals surface area contributed by atoms with Gasteiger partial charge in [0.1, 0.15) is 11.6 Å². The quantitative estimate of drug-likeness (QED) is 0.547. The van der Waals surface area contributed by atoms with Gasteiger partial charge in [0.2, 0.25) is 0 Å². The van der Waals surface area contributed by atoms with Gasteiger partial charge >= 0.3 is 0 Å². The molecule has 2 atom stereocenters. The fourth-order valence-electron chi connectivity index (χ4n) is 4.49. The highest BCUT2D eigenvalue weighted by atomic mass is 15.4. The Morgan fingerprint density at radius 2 is 2.00 bits per heavy atom. The minimum absolute atomic E-state index is 0.523. The molecule has 6 heterocycles. The van der Waals surface area contributed by atoms with Crippen LogP contribution in [0.1, 0.15) is 12.0 Å². The summed E-state index contributed by atoms with van der Waals surface area (Å²) in [5.74, 6) is 2.50. The molecule has 2 aliphatic heterocycles. The van der Waals surface area contributed by atoms with Crippen LogP contribution in [-0.2, 0) is 0 Å². The second kappa shape index (κ2) is 6.77. The SMILES string of the molecule is Cc1ccnc(Nc2nn(-c3ccnc(N4C[C@@H]5C[C@H]4CN5)c3)c3ncccc23)c1. The van der Waals surface area contributed by atoms with Gasteiger partial charge in [-0.3, -0.25) is 0 Å². The van der Waals surface area contributed by atoms with E-state index in [0.29, 0.717) is 12.1 Å². The number of anilines is 3. The molecule has 30 heavy (non-hydrogen) atoms. The van der Waals surface area contributed by atoms with Crippen molar-refractivity contribution < 1.29 is 0 Å². The molecule has 150 valence electrons. The molecule has 2 bridgehead atoms. The molecular formula is C22H22N8. The summed E-state index contributed by atoms with van der Waals surface area (Å²) in [6.45, 7) is 4.08. The first-order valence-electron chi connectivity index (χ1n) is 10.2. The third kappa shape index (κ3) is 2.88. The molecule has 0 amide bonds. The summed E-state index contributed by atoms with van der Waals surface area (Å²) < 4.78 is 1.88. The Kier molecular flexibility index (Phi) is 3.92. The van der Waals surface area contributed by atoms with Crippen LogP contribution in [0.25, 0.3) is 16.7 Å². The van der Waals surface area contributed by atoms with Crippen LogP contribution in [0.5, 0.6) is 0 Å². The maximum atomic E-state index is 4.84. The molecular weight excluding hydrogens is 376 g/mol. The highest BCUT2D eigenvalue weighted by molar-refractivity contribution is 5.90. The number of piperazine rings is 1. The smallest absolute Gasteiger partial charge is 0.165 e. The summed E-state index contributed by atoms with van der Waals surface area (Å²) in [5, 5.41) is 12.7. The van der Waals surface area contributed by atoms with Crippen molar-refractivity contribution in [3.8, 4) is 5.69 Å². The van der Waals surface area contributed by atoms with Crippen LogP contribution in [0.3, 0.4) is 0 Å². The van der Waals surface area contributed by atoms with E-state index in [1.807, 2.05) is 48.1 Å². The van der Waals surface area contributed by atoms with E-state index in [2.05, 4.69) is 36.6 Å². The van der Waals surface area contributed by atoms with Gasteiger partial charge in [-0.2, -0.15) is 0 Å². The molecule has 4 aromatic rings. The topological polar surface area (TPSA) is 83.8 Å². The van der Waals surface area contributed by atoms with Crippen molar-refractivity contribution in [1.29, 1.82) is 0 Å².